The first-order chi connectivity index (χ1) is 9.61. The van der Waals surface area contributed by atoms with Gasteiger partial charge in [-0.05, 0) is 36.4 Å². The average molecular weight is 278 g/mol. The molecule has 0 radical (unpaired) electrons. The lowest BCUT2D eigenvalue weighted by molar-refractivity contribution is 0.0501. The van der Waals surface area contributed by atoms with Crippen molar-refractivity contribution in [3.05, 3.63) is 65.2 Å². The summed E-state index contributed by atoms with van der Waals surface area (Å²) >= 11 is 0. The molecule has 20 heavy (non-hydrogen) atoms. The molecule has 2 aromatic rings. The lowest BCUT2D eigenvalue weighted by Gasteiger charge is -2.10. The summed E-state index contributed by atoms with van der Waals surface area (Å²) in [6.45, 7) is -0.104. The third-order valence-electron chi connectivity index (χ3n) is 2.63. The van der Waals surface area contributed by atoms with Crippen LogP contribution in [0.25, 0.3) is 0 Å². The van der Waals surface area contributed by atoms with Gasteiger partial charge in [-0.15, -0.1) is 0 Å². The van der Waals surface area contributed by atoms with Gasteiger partial charge in [-0.1, -0.05) is 0 Å². The molecule has 0 atom stereocenters. The van der Waals surface area contributed by atoms with Crippen LogP contribution in [0, 0.1) is 11.6 Å². The van der Waals surface area contributed by atoms with Gasteiger partial charge in [-0.3, -0.25) is 4.79 Å². The molecule has 2 aromatic carbocycles. The minimum absolute atomic E-state index is 0.0844. The van der Waals surface area contributed by atoms with Gasteiger partial charge < -0.3 is 9.47 Å². The maximum Gasteiger partial charge on any atom is 0.196 e. The first-order valence-corrected chi connectivity index (χ1v) is 5.83. The van der Waals surface area contributed by atoms with Crippen molar-refractivity contribution >= 4 is 5.78 Å². The first-order valence-electron chi connectivity index (χ1n) is 5.83. The van der Waals surface area contributed by atoms with E-state index in [9.17, 15) is 13.6 Å². The van der Waals surface area contributed by atoms with Gasteiger partial charge in [0.25, 0.3) is 0 Å². The van der Waals surface area contributed by atoms with Crippen LogP contribution in [0.3, 0.4) is 0 Å². The van der Waals surface area contributed by atoms with Crippen molar-refractivity contribution in [1.29, 1.82) is 0 Å². The minimum atomic E-state index is -0.522. The Bertz CT molecular complexity index is 609. The molecule has 0 heterocycles. The third kappa shape index (κ3) is 3.19. The van der Waals surface area contributed by atoms with Crippen molar-refractivity contribution in [3.8, 4) is 5.75 Å². The summed E-state index contributed by atoms with van der Waals surface area (Å²) in [4.78, 5) is 12.3. The average Bonchev–Trinajstić information content (AvgIpc) is 2.45. The minimum Gasteiger partial charge on any atom is -0.467 e. The van der Waals surface area contributed by atoms with Gasteiger partial charge in [-0.2, -0.15) is 0 Å². The van der Waals surface area contributed by atoms with E-state index in [-0.39, 0.29) is 23.9 Å². The Morgan fingerprint density at radius 3 is 2.35 bits per heavy atom. The molecular formula is C15H12F2O3. The summed E-state index contributed by atoms with van der Waals surface area (Å²) in [7, 11) is 1.42. The van der Waals surface area contributed by atoms with Crippen LogP contribution >= 0.6 is 0 Å². The van der Waals surface area contributed by atoms with Crippen LogP contribution in [0.1, 0.15) is 15.9 Å². The number of hydrogen-bond donors (Lipinski definition) is 0. The van der Waals surface area contributed by atoms with Gasteiger partial charge in [0.05, 0.1) is 5.56 Å². The van der Waals surface area contributed by atoms with Crippen LogP contribution in [0.5, 0.6) is 5.75 Å². The lowest BCUT2D eigenvalue weighted by Crippen LogP contribution is -2.07. The standard InChI is InChI=1S/C15H12F2O3/c1-19-9-20-14-8-12(17)6-7-13(14)15(18)10-2-4-11(16)5-3-10/h2-8H,9H2,1H3. The predicted octanol–water partition coefficient (Wildman–Crippen LogP) is 3.18. The monoisotopic (exact) mass is 278 g/mol. The molecule has 2 rings (SSSR count). The molecule has 0 amide bonds. The summed E-state index contributed by atoms with van der Waals surface area (Å²) in [6, 6.07) is 8.69. The topological polar surface area (TPSA) is 35.5 Å². The van der Waals surface area contributed by atoms with Crippen LogP contribution in [-0.4, -0.2) is 19.7 Å². The maximum atomic E-state index is 13.2. The van der Waals surface area contributed by atoms with Gasteiger partial charge in [0.1, 0.15) is 17.4 Å². The summed E-state index contributed by atoms with van der Waals surface area (Å²) in [5, 5.41) is 0. The van der Waals surface area contributed by atoms with Crippen molar-refractivity contribution in [2.75, 3.05) is 13.9 Å². The van der Waals surface area contributed by atoms with E-state index < -0.39 is 11.6 Å². The molecule has 0 aromatic heterocycles. The van der Waals surface area contributed by atoms with Crippen LogP contribution in [0.2, 0.25) is 0 Å². The van der Waals surface area contributed by atoms with Crippen molar-refractivity contribution in [3.63, 3.8) is 0 Å². The molecule has 5 heteroatoms. The van der Waals surface area contributed by atoms with Crippen LogP contribution < -0.4 is 4.74 Å². The SMILES string of the molecule is COCOc1cc(F)ccc1C(=O)c1ccc(F)cc1. The number of rotatable bonds is 5. The second-order valence-corrected chi connectivity index (χ2v) is 4.03. The zero-order valence-corrected chi connectivity index (χ0v) is 10.7. The molecule has 0 aliphatic heterocycles. The van der Waals surface area contributed by atoms with E-state index in [0.717, 1.165) is 12.1 Å². The zero-order chi connectivity index (χ0) is 14.5. The molecule has 0 saturated heterocycles. The third-order valence-corrected chi connectivity index (χ3v) is 2.63. The van der Waals surface area contributed by atoms with E-state index in [2.05, 4.69) is 0 Å². The summed E-state index contributed by atoms with van der Waals surface area (Å²) < 4.78 is 36.0. The fraction of sp³-hybridized carbons (Fsp3) is 0.133. The highest BCUT2D eigenvalue weighted by molar-refractivity contribution is 6.10. The number of methoxy groups -OCH3 is 1. The summed E-state index contributed by atoms with van der Waals surface area (Å²) in [5.41, 5.74) is 0.482. The Morgan fingerprint density at radius 1 is 1.05 bits per heavy atom. The molecular weight excluding hydrogens is 266 g/mol. The van der Waals surface area contributed by atoms with E-state index in [1.807, 2.05) is 0 Å². The Kier molecular flexibility index (Phi) is 4.42. The fourth-order valence-electron chi connectivity index (χ4n) is 1.68. The molecule has 0 unspecified atom stereocenters. The Hall–Kier alpha value is -2.27. The number of ether oxygens (including phenoxy) is 2. The maximum absolute atomic E-state index is 13.2. The highest BCUT2D eigenvalue weighted by Crippen LogP contribution is 2.23. The number of benzene rings is 2. The molecule has 0 fully saturated rings. The van der Waals surface area contributed by atoms with Gasteiger partial charge in [-0.25, -0.2) is 8.78 Å². The number of halogens is 2. The Balaban J connectivity index is 2.35. The van der Waals surface area contributed by atoms with E-state index in [1.165, 1.54) is 37.4 Å². The molecule has 0 saturated carbocycles. The molecule has 104 valence electrons. The van der Waals surface area contributed by atoms with Gasteiger partial charge in [0.2, 0.25) is 0 Å². The van der Waals surface area contributed by atoms with E-state index in [4.69, 9.17) is 9.47 Å². The largest absolute Gasteiger partial charge is 0.467 e. The smallest absolute Gasteiger partial charge is 0.196 e. The molecule has 3 nitrogen and oxygen atoms in total. The van der Waals surface area contributed by atoms with Crippen LogP contribution in [-0.2, 0) is 4.74 Å². The lowest BCUT2D eigenvalue weighted by atomic mass is 10.0. The predicted molar refractivity (Wildman–Crippen MR) is 68.7 cm³/mol. The number of carbonyl (C=O) groups excluding carboxylic acids is 1. The number of carbonyl (C=O) groups is 1. The van der Waals surface area contributed by atoms with Crippen molar-refractivity contribution in [2.45, 2.75) is 0 Å². The Labute approximate surface area is 114 Å². The van der Waals surface area contributed by atoms with Gasteiger partial charge in [0.15, 0.2) is 12.6 Å². The van der Waals surface area contributed by atoms with Crippen molar-refractivity contribution in [2.24, 2.45) is 0 Å². The van der Waals surface area contributed by atoms with Crippen LogP contribution in [0.15, 0.2) is 42.5 Å². The van der Waals surface area contributed by atoms with Crippen molar-refractivity contribution in [1.82, 2.24) is 0 Å². The Morgan fingerprint density at radius 2 is 1.70 bits per heavy atom. The molecule has 0 spiro atoms. The normalized spacial score (nSPS) is 10.3. The van der Waals surface area contributed by atoms with Crippen molar-refractivity contribution < 1.29 is 23.0 Å². The quantitative estimate of drug-likeness (QED) is 0.622. The second kappa shape index (κ2) is 6.25. The number of ketones is 1. The van der Waals surface area contributed by atoms with Gasteiger partial charge in [0, 0.05) is 18.7 Å². The molecule has 0 aliphatic rings. The first kappa shape index (κ1) is 14.1. The number of hydrogen-bond acceptors (Lipinski definition) is 3. The highest BCUT2D eigenvalue weighted by atomic mass is 19.1. The van der Waals surface area contributed by atoms with E-state index in [1.54, 1.807) is 0 Å². The van der Waals surface area contributed by atoms with E-state index in [0.29, 0.717) is 5.56 Å². The zero-order valence-electron chi connectivity index (χ0n) is 10.7. The molecule has 0 aliphatic carbocycles. The summed E-state index contributed by atoms with van der Waals surface area (Å²) in [5.74, 6) is -1.25. The van der Waals surface area contributed by atoms with E-state index >= 15 is 0 Å². The van der Waals surface area contributed by atoms with Gasteiger partial charge >= 0.3 is 0 Å². The fourth-order valence-corrected chi connectivity index (χ4v) is 1.68. The second-order valence-electron chi connectivity index (χ2n) is 4.03. The molecule has 0 bridgehead atoms. The van der Waals surface area contributed by atoms with Crippen LogP contribution in [0.4, 0.5) is 8.78 Å². The summed E-state index contributed by atoms with van der Waals surface area (Å²) in [6.07, 6.45) is 0. The molecule has 0 N–H and O–H groups in total. The highest BCUT2D eigenvalue weighted by Gasteiger charge is 2.15.